The average molecular weight is 165 g/mol. The Morgan fingerprint density at radius 1 is 1.80 bits per heavy atom. The number of phosphoric acid groups is 1. The highest BCUT2D eigenvalue weighted by Crippen LogP contribution is 2.37. The maximum Gasteiger partial charge on any atom is 0.470 e. The minimum atomic E-state index is -4.48. The molecule has 0 heterocycles. The summed E-state index contributed by atoms with van der Waals surface area (Å²) in [5.74, 6) is 0. The Hall–Kier alpha value is -0.400. The number of rotatable bonds is 3. The van der Waals surface area contributed by atoms with Gasteiger partial charge in [0.25, 0.3) is 0 Å². The molecule has 0 fully saturated rings. The molecule has 0 saturated heterocycles. The maximum absolute atomic E-state index is 10.1. The summed E-state index contributed by atoms with van der Waals surface area (Å²) >= 11 is 0. The first-order valence-corrected chi connectivity index (χ1v) is 4.16. The molecular formula is C4H8NO4P. The quantitative estimate of drug-likeness (QED) is 0.590. The van der Waals surface area contributed by atoms with E-state index < -0.39 is 13.9 Å². The third kappa shape index (κ3) is 4.48. The Morgan fingerprint density at radius 3 is 2.40 bits per heavy atom. The van der Waals surface area contributed by atoms with Crippen LogP contribution in [0, 0.1) is 11.3 Å². The molecule has 0 aromatic heterocycles. The zero-order valence-electron chi connectivity index (χ0n) is 5.39. The van der Waals surface area contributed by atoms with Gasteiger partial charge in [-0.1, -0.05) is 6.92 Å². The van der Waals surface area contributed by atoms with Gasteiger partial charge in [-0.3, -0.25) is 4.52 Å². The van der Waals surface area contributed by atoms with Crippen LogP contribution in [0.3, 0.4) is 0 Å². The van der Waals surface area contributed by atoms with Gasteiger partial charge in [-0.15, -0.1) is 0 Å². The van der Waals surface area contributed by atoms with Gasteiger partial charge in [0.1, 0.15) is 0 Å². The van der Waals surface area contributed by atoms with Crippen molar-refractivity contribution >= 4 is 7.82 Å². The van der Waals surface area contributed by atoms with Crippen LogP contribution in [-0.4, -0.2) is 15.9 Å². The highest BCUT2D eigenvalue weighted by molar-refractivity contribution is 7.46. The predicted octanol–water partition coefficient (Wildman–Crippen LogP) is 0.398. The molecule has 58 valence electrons. The molecule has 1 unspecified atom stereocenters. The molecule has 0 radical (unpaired) electrons. The van der Waals surface area contributed by atoms with Crippen LogP contribution in [0.15, 0.2) is 0 Å². The van der Waals surface area contributed by atoms with Crippen LogP contribution in [0.1, 0.15) is 13.3 Å². The van der Waals surface area contributed by atoms with Crippen LogP contribution in [0.2, 0.25) is 0 Å². The van der Waals surface area contributed by atoms with Gasteiger partial charge in [-0.05, 0) is 6.42 Å². The number of phosphoric ester groups is 1. The predicted molar refractivity (Wildman–Crippen MR) is 32.8 cm³/mol. The molecule has 0 aromatic rings. The van der Waals surface area contributed by atoms with E-state index in [4.69, 9.17) is 15.0 Å². The van der Waals surface area contributed by atoms with E-state index >= 15 is 0 Å². The summed E-state index contributed by atoms with van der Waals surface area (Å²) in [6, 6.07) is 1.59. The van der Waals surface area contributed by atoms with Crippen LogP contribution in [-0.2, 0) is 9.09 Å². The first-order valence-electron chi connectivity index (χ1n) is 2.63. The van der Waals surface area contributed by atoms with Crippen LogP contribution in [0.5, 0.6) is 0 Å². The molecular weight excluding hydrogens is 157 g/mol. The summed E-state index contributed by atoms with van der Waals surface area (Å²) in [5, 5.41) is 8.17. The van der Waals surface area contributed by atoms with Crippen molar-refractivity contribution in [3.63, 3.8) is 0 Å². The maximum atomic E-state index is 10.1. The summed E-state index contributed by atoms with van der Waals surface area (Å²) in [6.45, 7) is 1.60. The summed E-state index contributed by atoms with van der Waals surface area (Å²) in [6.07, 6.45) is -0.748. The lowest BCUT2D eigenvalue weighted by atomic mass is 10.3. The average Bonchev–Trinajstić information content (AvgIpc) is 1.81. The third-order valence-corrected chi connectivity index (χ3v) is 1.31. The lowest BCUT2D eigenvalue weighted by molar-refractivity contribution is 0.162. The zero-order chi connectivity index (χ0) is 8.20. The lowest BCUT2D eigenvalue weighted by Gasteiger charge is -2.07. The summed E-state index contributed by atoms with van der Waals surface area (Å²) in [7, 11) is -4.48. The topological polar surface area (TPSA) is 90.5 Å². The minimum Gasteiger partial charge on any atom is -0.303 e. The van der Waals surface area contributed by atoms with Crippen LogP contribution in [0.25, 0.3) is 0 Å². The van der Waals surface area contributed by atoms with E-state index in [1.54, 1.807) is 13.0 Å². The molecule has 2 N–H and O–H groups in total. The van der Waals surface area contributed by atoms with E-state index in [-0.39, 0.29) is 6.42 Å². The highest BCUT2D eigenvalue weighted by Gasteiger charge is 2.19. The van der Waals surface area contributed by atoms with Gasteiger partial charge < -0.3 is 9.79 Å². The molecule has 0 amide bonds. The third-order valence-electron chi connectivity index (χ3n) is 0.779. The van der Waals surface area contributed by atoms with Crippen molar-refractivity contribution in [1.29, 1.82) is 5.26 Å². The first kappa shape index (κ1) is 9.60. The van der Waals surface area contributed by atoms with Crippen molar-refractivity contribution in [3.05, 3.63) is 0 Å². The van der Waals surface area contributed by atoms with Crippen molar-refractivity contribution in [1.82, 2.24) is 0 Å². The normalized spacial score (nSPS) is 14.2. The van der Waals surface area contributed by atoms with Gasteiger partial charge in [-0.25, -0.2) is 4.57 Å². The van der Waals surface area contributed by atoms with Crippen molar-refractivity contribution in [2.24, 2.45) is 0 Å². The van der Waals surface area contributed by atoms with Crippen molar-refractivity contribution < 1.29 is 18.9 Å². The number of nitriles is 1. The Labute approximate surface area is 58.5 Å². The molecule has 0 spiro atoms. The summed E-state index contributed by atoms with van der Waals surface area (Å²) < 4.78 is 14.1. The summed E-state index contributed by atoms with van der Waals surface area (Å²) in [5.41, 5.74) is 0. The zero-order valence-corrected chi connectivity index (χ0v) is 6.28. The molecule has 0 bridgehead atoms. The monoisotopic (exact) mass is 165 g/mol. The van der Waals surface area contributed by atoms with Crippen LogP contribution >= 0.6 is 7.82 Å². The van der Waals surface area contributed by atoms with Gasteiger partial charge >= 0.3 is 7.82 Å². The second-order valence-corrected chi connectivity index (χ2v) is 2.81. The number of nitrogens with zero attached hydrogens (tertiary/aromatic N) is 1. The molecule has 0 aliphatic heterocycles. The molecule has 0 saturated carbocycles. The SMILES string of the molecule is CCC(C#N)OP(=O)(O)O. The standard InChI is InChI=1S/C4H8NO4P/c1-2-4(3-5)9-10(6,7)8/h4H,2H2,1H3,(H2,6,7,8). The smallest absolute Gasteiger partial charge is 0.303 e. The Kier molecular flexibility index (Phi) is 3.54. The second kappa shape index (κ2) is 3.69. The summed E-state index contributed by atoms with van der Waals surface area (Å²) in [4.78, 5) is 16.4. The van der Waals surface area contributed by atoms with E-state index in [9.17, 15) is 4.57 Å². The largest absolute Gasteiger partial charge is 0.470 e. The molecule has 6 heteroatoms. The second-order valence-electron chi connectivity index (χ2n) is 1.62. The van der Waals surface area contributed by atoms with Gasteiger partial charge in [-0.2, -0.15) is 5.26 Å². The Balaban J connectivity index is 3.91. The van der Waals surface area contributed by atoms with E-state index in [2.05, 4.69) is 4.52 Å². The van der Waals surface area contributed by atoms with E-state index in [1.165, 1.54) is 0 Å². The van der Waals surface area contributed by atoms with Crippen LogP contribution in [0.4, 0.5) is 0 Å². The van der Waals surface area contributed by atoms with Gasteiger partial charge in [0.2, 0.25) is 0 Å². The number of hydrogen-bond donors (Lipinski definition) is 2. The molecule has 0 aliphatic rings. The minimum absolute atomic E-state index is 0.265. The Morgan fingerprint density at radius 2 is 2.30 bits per heavy atom. The molecule has 0 rings (SSSR count). The van der Waals surface area contributed by atoms with Crippen molar-refractivity contribution in [2.75, 3.05) is 0 Å². The molecule has 10 heavy (non-hydrogen) atoms. The van der Waals surface area contributed by atoms with E-state index in [1.807, 2.05) is 0 Å². The number of hydrogen-bond acceptors (Lipinski definition) is 3. The fraction of sp³-hybridized carbons (Fsp3) is 0.750. The first-order chi connectivity index (χ1) is 4.49. The van der Waals surface area contributed by atoms with E-state index in [0.717, 1.165) is 0 Å². The fourth-order valence-electron chi connectivity index (χ4n) is 0.355. The molecule has 0 aliphatic carbocycles. The Bertz CT molecular complexity index is 180. The molecule has 1 atom stereocenters. The highest BCUT2D eigenvalue weighted by atomic mass is 31.2. The lowest BCUT2D eigenvalue weighted by Crippen LogP contribution is -2.05. The molecule has 5 nitrogen and oxygen atoms in total. The van der Waals surface area contributed by atoms with Gasteiger partial charge in [0, 0.05) is 0 Å². The van der Waals surface area contributed by atoms with E-state index in [0.29, 0.717) is 0 Å². The van der Waals surface area contributed by atoms with Gasteiger partial charge in [0.15, 0.2) is 6.10 Å². The van der Waals surface area contributed by atoms with Crippen molar-refractivity contribution in [2.45, 2.75) is 19.4 Å². The molecule has 0 aromatic carbocycles. The fourth-order valence-corrected chi connectivity index (χ4v) is 0.883. The van der Waals surface area contributed by atoms with Gasteiger partial charge in [0.05, 0.1) is 6.07 Å². The van der Waals surface area contributed by atoms with Crippen LogP contribution < -0.4 is 0 Å². The van der Waals surface area contributed by atoms with Crippen molar-refractivity contribution in [3.8, 4) is 6.07 Å².